The summed E-state index contributed by atoms with van der Waals surface area (Å²) in [5.74, 6) is -0.515. The zero-order chi connectivity index (χ0) is 16.0. The molecule has 1 aliphatic carbocycles. The number of fused-ring (bicyclic) bond motifs is 3. The van der Waals surface area contributed by atoms with Gasteiger partial charge in [0, 0.05) is 11.8 Å². The van der Waals surface area contributed by atoms with Crippen LogP contribution in [-0.2, 0) is 30.3 Å². The van der Waals surface area contributed by atoms with E-state index >= 15 is 0 Å². The van der Waals surface area contributed by atoms with E-state index in [4.69, 9.17) is 18.9 Å². The second-order valence-electron chi connectivity index (χ2n) is 7.05. The summed E-state index contributed by atoms with van der Waals surface area (Å²) in [5.41, 5.74) is 1.14. The van der Waals surface area contributed by atoms with Crippen molar-refractivity contribution in [3.63, 3.8) is 0 Å². The van der Waals surface area contributed by atoms with Gasteiger partial charge < -0.3 is 18.9 Å². The Morgan fingerprint density at radius 2 is 1.87 bits per heavy atom. The molecule has 0 aromatic heterocycles. The van der Waals surface area contributed by atoms with Gasteiger partial charge in [0.2, 0.25) is 0 Å². The Morgan fingerprint density at radius 1 is 1.13 bits per heavy atom. The van der Waals surface area contributed by atoms with Crippen LogP contribution in [0.15, 0.2) is 30.3 Å². The average molecular weight is 318 g/mol. The minimum absolute atomic E-state index is 0.0659. The normalized spacial score (nSPS) is 37.5. The van der Waals surface area contributed by atoms with E-state index in [-0.39, 0.29) is 36.1 Å². The smallest absolute Gasteiger partial charge is 0.306 e. The average Bonchev–Trinajstić information content (AvgIpc) is 3.10. The van der Waals surface area contributed by atoms with Crippen LogP contribution in [0.5, 0.6) is 0 Å². The first kappa shape index (κ1) is 15.1. The first-order valence-electron chi connectivity index (χ1n) is 8.20. The van der Waals surface area contributed by atoms with Crippen molar-refractivity contribution >= 4 is 5.97 Å². The molecule has 5 atom stereocenters. The maximum Gasteiger partial charge on any atom is 0.306 e. The van der Waals surface area contributed by atoms with Crippen molar-refractivity contribution in [3.8, 4) is 0 Å². The molecule has 2 saturated heterocycles. The number of carbonyl (C=O) groups is 1. The van der Waals surface area contributed by atoms with Gasteiger partial charge >= 0.3 is 5.97 Å². The lowest BCUT2D eigenvalue weighted by atomic mass is 9.93. The summed E-state index contributed by atoms with van der Waals surface area (Å²) >= 11 is 0. The second-order valence-corrected chi connectivity index (χ2v) is 7.05. The maximum atomic E-state index is 11.7. The van der Waals surface area contributed by atoms with Gasteiger partial charge in [0.1, 0.15) is 12.2 Å². The fraction of sp³-hybridized carbons (Fsp3) is 0.611. The molecule has 2 aliphatic heterocycles. The number of hydrogen-bond acceptors (Lipinski definition) is 5. The Labute approximate surface area is 135 Å². The van der Waals surface area contributed by atoms with E-state index in [1.54, 1.807) is 0 Å². The third-order valence-corrected chi connectivity index (χ3v) is 4.97. The summed E-state index contributed by atoms with van der Waals surface area (Å²) in [4.78, 5) is 11.7. The van der Waals surface area contributed by atoms with Crippen molar-refractivity contribution in [1.82, 2.24) is 0 Å². The molecular weight excluding hydrogens is 296 g/mol. The van der Waals surface area contributed by atoms with Crippen LogP contribution < -0.4 is 0 Å². The minimum Gasteiger partial charge on any atom is -0.459 e. The summed E-state index contributed by atoms with van der Waals surface area (Å²) in [5, 5.41) is 0. The number of rotatable bonds is 4. The van der Waals surface area contributed by atoms with Crippen molar-refractivity contribution in [2.75, 3.05) is 6.61 Å². The molecule has 4 rings (SSSR count). The van der Waals surface area contributed by atoms with E-state index in [1.165, 1.54) is 0 Å². The number of ether oxygens (including phenoxy) is 4. The number of benzene rings is 1. The van der Waals surface area contributed by atoms with Crippen molar-refractivity contribution < 1.29 is 23.7 Å². The lowest BCUT2D eigenvalue weighted by Gasteiger charge is -2.25. The first-order valence-corrected chi connectivity index (χ1v) is 8.20. The van der Waals surface area contributed by atoms with Crippen LogP contribution >= 0.6 is 0 Å². The lowest BCUT2D eigenvalue weighted by molar-refractivity contribution is -0.176. The van der Waals surface area contributed by atoms with Crippen molar-refractivity contribution in [3.05, 3.63) is 35.9 Å². The molecule has 5 nitrogen and oxygen atoms in total. The molecule has 1 saturated carbocycles. The van der Waals surface area contributed by atoms with Crippen molar-refractivity contribution in [1.29, 1.82) is 0 Å². The van der Waals surface area contributed by atoms with Crippen LogP contribution in [0.3, 0.4) is 0 Å². The molecule has 5 heteroatoms. The van der Waals surface area contributed by atoms with Crippen LogP contribution in [0.2, 0.25) is 0 Å². The van der Waals surface area contributed by atoms with E-state index in [0.717, 1.165) is 5.56 Å². The number of esters is 1. The van der Waals surface area contributed by atoms with Crippen LogP contribution in [-0.4, -0.2) is 36.7 Å². The highest BCUT2D eigenvalue weighted by atomic mass is 16.8. The summed E-state index contributed by atoms with van der Waals surface area (Å²) in [6.07, 6.45) is -0.000253. The molecule has 124 valence electrons. The third kappa shape index (κ3) is 2.77. The molecule has 0 N–H and O–H groups in total. The summed E-state index contributed by atoms with van der Waals surface area (Å²) in [6, 6.07) is 10.1. The van der Waals surface area contributed by atoms with Crippen LogP contribution in [0.25, 0.3) is 0 Å². The van der Waals surface area contributed by atoms with Gasteiger partial charge in [-0.2, -0.15) is 0 Å². The summed E-state index contributed by atoms with van der Waals surface area (Å²) in [7, 11) is 0. The molecule has 0 unspecified atom stereocenters. The highest BCUT2D eigenvalue weighted by Crippen LogP contribution is 2.49. The van der Waals surface area contributed by atoms with Gasteiger partial charge in [-0.05, 0) is 19.4 Å². The van der Waals surface area contributed by atoms with Gasteiger partial charge in [-0.1, -0.05) is 30.3 Å². The molecule has 0 radical (unpaired) electrons. The standard InChI is InChI=1S/C18H22O5/c1-18(2)22-16-13(10-20-9-11-6-4-3-5-7-11)12-8-14(19)21-15(12)17(16)23-18/h3-7,12-13,15-17H,8-10H2,1-2H3/t12-,13-,15-,16+,17-/m1/s1. The van der Waals surface area contributed by atoms with Crippen LogP contribution in [0.1, 0.15) is 25.8 Å². The lowest BCUT2D eigenvalue weighted by Crippen LogP contribution is -2.31. The molecule has 0 bridgehead atoms. The van der Waals surface area contributed by atoms with E-state index in [0.29, 0.717) is 19.6 Å². The second kappa shape index (κ2) is 5.58. The topological polar surface area (TPSA) is 54.0 Å². The minimum atomic E-state index is -0.632. The first-order chi connectivity index (χ1) is 11.0. The highest BCUT2D eigenvalue weighted by molar-refractivity contribution is 5.72. The molecule has 2 heterocycles. The van der Waals surface area contributed by atoms with Crippen molar-refractivity contribution in [2.24, 2.45) is 11.8 Å². The Kier molecular flexibility index (Phi) is 3.67. The summed E-state index contributed by atoms with van der Waals surface area (Å²) in [6.45, 7) is 4.91. The zero-order valence-corrected chi connectivity index (χ0v) is 13.4. The molecule has 3 aliphatic rings. The molecule has 3 fully saturated rings. The molecule has 0 amide bonds. The molecule has 23 heavy (non-hydrogen) atoms. The fourth-order valence-corrected chi connectivity index (χ4v) is 4.05. The highest BCUT2D eigenvalue weighted by Gasteiger charge is 2.62. The van der Waals surface area contributed by atoms with Gasteiger partial charge in [0.25, 0.3) is 0 Å². The predicted octanol–water partition coefficient (Wildman–Crippen LogP) is 2.28. The molecule has 0 spiro atoms. The molecule has 1 aromatic rings. The zero-order valence-electron chi connectivity index (χ0n) is 13.4. The molecular formula is C18H22O5. The molecule has 1 aromatic carbocycles. The van der Waals surface area contributed by atoms with Gasteiger partial charge in [0.05, 0.1) is 25.7 Å². The van der Waals surface area contributed by atoms with E-state index in [9.17, 15) is 4.79 Å². The summed E-state index contributed by atoms with van der Waals surface area (Å²) < 4.78 is 23.4. The Balaban J connectivity index is 1.44. The third-order valence-electron chi connectivity index (χ3n) is 4.97. The number of hydrogen-bond donors (Lipinski definition) is 0. The predicted molar refractivity (Wildman–Crippen MR) is 81.4 cm³/mol. The Hall–Kier alpha value is -1.43. The largest absolute Gasteiger partial charge is 0.459 e. The number of carbonyl (C=O) groups excluding carboxylic acids is 1. The van der Waals surface area contributed by atoms with Gasteiger partial charge in [0.15, 0.2) is 5.79 Å². The van der Waals surface area contributed by atoms with Crippen molar-refractivity contribution in [2.45, 2.75) is 51.0 Å². The SMILES string of the molecule is CC1(C)O[C@@H]2[C@@H]3OC(=O)C[C@@H]3[C@@H](COCc3ccccc3)[C@@H]2O1. The Bertz CT molecular complexity index is 584. The van der Waals surface area contributed by atoms with E-state index in [2.05, 4.69) is 0 Å². The van der Waals surface area contributed by atoms with Gasteiger partial charge in [-0.3, -0.25) is 4.79 Å². The quantitative estimate of drug-likeness (QED) is 0.797. The monoisotopic (exact) mass is 318 g/mol. The van der Waals surface area contributed by atoms with E-state index in [1.807, 2.05) is 44.2 Å². The van der Waals surface area contributed by atoms with Gasteiger partial charge in [-0.15, -0.1) is 0 Å². The van der Waals surface area contributed by atoms with Gasteiger partial charge in [-0.25, -0.2) is 0 Å². The van der Waals surface area contributed by atoms with E-state index < -0.39 is 5.79 Å². The fourth-order valence-electron chi connectivity index (χ4n) is 4.05. The van der Waals surface area contributed by atoms with Crippen LogP contribution in [0.4, 0.5) is 0 Å². The maximum absolute atomic E-state index is 11.7. The Morgan fingerprint density at radius 3 is 2.65 bits per heavy atom. The van der Waals surface area contributed by atoms with Crippen LogP contribution in [0, 0.1) is 11.8 Å².